The van der Waals surface area contributed by atoms with Crippen LogP contribution in [0.5, 0.6) is 11.5 Å². The van der Waals surface area contributed by atoms with E-state index in [0.29, 0.717) is 6.54 Å². The molecule has 2 atom stereocenters. The average Bonchev–Trinajstić information content (AvgIpc) is 3.14. The van der Waals surface area contributed by atoms with E-state index in [0.717, 1.165) is 21.9 Å². The molecule has 0 radical (unpaired) electrons. The molecule has 2 heterocycles. The highest BCUT2D eigenvalue weighted by Crippen LogP contribution is 2.34. The van der Waals surface area contributed by atoms with Crippen molar-refractivity contribution in [3.63, 3.8) is 0 Å². The molecule has 0 saturated heterocycles. The smallest absolute Gasteiger partial charge is 0.231 e. The lowest BCUT2D eigenvalue weighted by Gasteiger charge is -2.25. The Morgan fingerprint density at radius 3 is 2.90 bits per heavy atom. The van der Waals surface area contributed by atoms with Gasteiger partial charge in [-0.3, -0.25) is 0 Å². The van der Waals surface area contributed by atoms with Crippen LogP contribution in [0.3, 0.4) is 0 Å². The maximum atomic E-state index is 10.5. The molecule has 2 N–H and O–H groups in total. The highest BCUT2D eigenvalue weighted by atomic mass is 32.1. The van der Waals surface area contributed by atoms with Crippen molar-refractivity contribution in [1.82, 2.24) is 5.32 Å². The number of benzene rings is 1. The minimum atomic E-state index is -0.862. The van der Waals surface area contributed by atoms with Crippen LogP contribution in [-0.4, -0.2) is 18.4 Å². The molecule has 1 aromatic carbocycles. The first-order valence-electron chi connectivity index (χ1n) is 6.95. The molecule has 0 saturated carbocycles. The van der Waals surface area contributed by atoms with Gasteiger partial charge in [0.25, 0.3) is 0 Å². The molecule has 0 aliphatic carbocycles. The standard InChI is InChI=1S/C16H19NO3S/c1-11(12-5-6-13-14(8-12)20-10-19-13)17-9-16(2,18)15-4-3-7-21-15/h3-8,11,17-18H,9-10H2,1-2H3. The highest BCUT2D eigenvalue weighted by Gasteiger charge is 2.25. The van der Waals surface area contributed by atoms with Crippen LogP contribution in [0.2, 0.25) is 0 Å². The molecule has 1 aliphatic heterocycles. The second-order valence-electron chi connectivity index (χ2n) is 5.47. The summed E-state index contributed by atoms with van der Waals surface area (Å²) >= 11 is 1.57. The highest BCUT2D eigenvalue weighted by molar-refractivity contribution is 7.10. The van der Waals surface area contributed by atoms with Crippen LogP contribution < -0.4 is 14.8 Å². The zero-order valence-corrected chi connectivity index (χ0v) is 12.9. The predicted molar refractivity (Wildman–Crippen MR) is 82.9 cm³/mol. The summed E-state index contributed by atoms with van der Waals surface area (Å²) < 4.78 is 10.7. The fraction of sp³-hybridized carbons (Fsp3) is 0.375. The van der Waals surface area contributed by atoms with Gasteiger partial charge in [-0.25, -0.2) is 0 Å². The second kappa shape index (κ2) is 5.67. The number of nitrogens with one attached hydrogen (secondary N) is 1. The van der Waals surface area contributed by atoms with Gasteiger partial charge in [-0.1, -0.05) is 12.1 Å². The van der Waals surface area contributed by atoms with Crippen molar-refractivity contribution in [2.24, 2.45) is 0 Å². The number of thiophene rings is 1. The van der Waals surface area contributed by atoms with E-state index in [2.05, 4.69) is 12.2 Å². The predicted octanol–water partition coefficient (Wildman–Crippen LogP) is 3.04. The number of hydrogen-bond acceptors (Lipinski definition) is 5. The van der Waals surface area contributed by atoms with Gasteiger partial charge in [0.15, 0.2) is 11.5 Å². The van der Waals surface area contributed by atoms with Crippen molar-refractivity contribution >= 4 is 11.3 Å². The molecular formula is C16H19NO3S. The third-order valence-electron chi connectivity index (χ3n) is 3.70. The van der Waals surface area contributed by atoms with Crippen molar-refractivity contribution in [2.75, 3.05) is 13.3 Å². The number of fused-ring (bicyclic) bond motifs is 1. The first kappa shape index (κ1) is 14.4. The van der Waals surface area contributed by atoms with E-state index in [1.54, 1.807) is 11.3 Å². The molecule has 5 heteroatoms. The molecule has 0 bridgehead atoms. The van der Waals surface area contributed by atoms with Crippen molar-refractivity contribution in [2.45, 2.75) is 25.5 Å². The van der Waals surface area contributed by atoms with E-state index < -0.39 is 5.60 Å². The van der Waals surface area contributed by atoms with E-state index >= 15 is 0 Å². The lowest BCUT2D eigenvalue weighted by atomic mass is 10.0. The summed E-state index contributed by atoms with van der Waals surface area (Å²) in [7, 11) is 0. The van der Waals surface area contributed by atoms with Gasteiger partial charge in [0.2, 0.25) is 6.79 Å². The molecule has 21 heavy (non-hydrogen) atoms. The van der Waals surface area contributed by atoms with Gasteiger partial charge in [0.05, 0.1) is 0 Å². The minimum Gasteiger partial charge on any atom is -0.454 e. The fourth-order valence-corrected chi connectivity index (χ4v) is 3.11. The molecule has 0 spiro atoms. The third-order valence-corrected chi connectivity index (χ3v) is 4.82. The van der Waals surface area contributed by atoms with Gasteiger partial charge in [0, 0.05) is 17.5 Å². The Morgan fingerprint density at radius 1 is 1.33 bits per heavy atom. The number of ether oxygens (including phenoxy) is 2. The van der Waals surface area contributed by atoms with Crippen molar-refractivity contribution < 1.29 is 14.6 Å². The maximum absolute atomic E-state index is 10.5. The Bertz CT molecular complexity index is 610. The Hall–Kier alpha value is -1.56. The first-order chi connectivity index (χ1) is 10.1. The van der Waals surface area contributed by atoms with Crippen molar-refractivity contribution in [1.29, 1.82) is 0 Å². The van der Waals surface area contributed by atoms with Crippen LogP contribution in [0.1, 0.15) is 30.3 Å². The summed E-state index contributed by atoms with van der Waals surface area (Å²) in [6.45, 7) is 4.68. The summed E-state index contributed by atoms with van der Waals surface area (Å²) in [5.41, 5.74) is 0.250. The third kappa shape index (κ3) is 3.05. The zero-order valence-electron chi connectivity index (χ0n) is 12.1. The van der Waals surface area contributed by atoms with Crippen LogP contribution in [0.25, 0.3) is 0 Å². The summed E-state index contributed by atoms with van der Waals surface area (Å²) in [6, 6.07) is 9.96. The summed E-state index contributed by atoms with van der Waals surface area (Å²) in [5, 5.41) is 15.9. The van der Waals surface area contributed by atoms with E-state index in [-0.39, 0.29) is 12.8 Å². The SMILES string of the molecule is CC(NCC(C)(O)c1cccs1)c1ccc2c(c1)OCO2. The van der Waals surface area contributed by atoms with Crippen molar-refractivity contribution in [3.05, 3.63) is 46.2 Å². The molecule has 1 aromatic heterocycles. The zero-order chi connectivity index (χ0) is 14.9. The van der Waals surface area contributed by atoms with Gasteiger partial charge in [-0.05, 0) is 43.0 Å². The minimum absolute atomic E-state index is 0.117. The quantitative estimate of drug-likeness (QED) is 0.891. The van der Waals surface area contributed by atoms with Gasteiger partial charge >= 0.3 is 0 Å². The molecular weight excluding hydrogens is 286 g/mol. The first-order valence-corrected chi connectivity index (χ1v) is 7.83. The molecule has 0 fully saturated rings. The van der Waals surface area contributed by atoms with E-state index in [9.17, 15) is 5.11 Å². The summed E-state index contributed by atoms with van der Waals surface area (Å²) in [5.74, 6) is 1.57. The van der Waals surface area contributed by atoms with Gasteiger partial charge in [-0.15, -0.1) is 11.3 Å². The normalized spacial score (nSPS) is 17.5. The molecule has 1 aliphatic rings. The molecule has 4 nitrogen and oxygen atoms in total. The van der Waals surface area contributed by atoms with E-state index in [4.69, 9.17) is 9.47 Å². The largest absolute Gasteiger partial charge is 0.454 e. The lowest BCUT2D eigenvalue weighted by Crippen LogP contribution is -2.36. The van der Waals surface area contributed by atoms with Gasteiger partial charge in [0.1, 0.15) is 5.60 Å². The fourth-order valence-electron chi connectivity index (χ4n) is 2.32. The molecule has 0 amide bonds. The summed E-state index contributed by atoms with van der Waals surface area (Å²) in [4.78, 5) is 0.966. The van der Waals surface area contributed by atoms with Crippen LogP contribution in [-0.2, 0) is 5.60 Å². The molecule has 2 unspecified atom stereocenters. The van der Waals surface area contributed by atoms with Crippen LogP contribution in [0.15, 0.2) is 35.7 Å². The Labute approximate surface area is 128 Å². The van der Waals surface area contributed by atoms with Gasteiger partial charge in [-0.2, -0.15) is 0 Å². The Balaban J connectivity index is 1.65. The van der Waals surface area contributed by atoms with E-state index in [1.807, 2.05) is 42.6 Å². The lowest BCUT2D eigenvalue weighted by molar-refractivity contribution is 0.0581. The Morgan fingerprint density at radius 2 is 2.14 bits per heavy atom. The average molecular weight is 305 g/mol. The topological polar surface area (TPSA) is 50.7 Å². The van der Waals surface area contributed by atoms with Gasteiger partial charge < -0.3 is 19.9 Å². The number of hydrogen-bond donors (Lipinski definition) is 2. The maximum Gasteiger partial charge on any atom is 0.231 e. The van der Waals surface area contributed by atoms with E-state index in [1.165, 1.54) is 0 Å². The van der Waals surface area contributed by atoms with Crippen LogP contribution in [0.4, 0.5) is 0 Å². The van der Waals surface area contributed by atoms with Crippen LogP contribution in [0, 0.1) is 0 Å². The number of aliphatic hydroxyl groups is 1. The Kier molecular flexibility index (Phi) is 3.89. The number of rotatable bonds is 5. The molecule has 3 rings (SSSR count). The second-order valence-corrected chi connectivity index (χ2v) is 6.41. The van der Waals surface area contributed by atoms with Crippen molar-refractivity contribution in [3.8, 4) is 11.5 Å². The van der Waals surface area contributed by atoms with Crippen LogP contribution >= 0.6 is 11.3 Å². The molecule has 112 valence electrons. The molecule has 2 aromatic rings. The monoisotopic (exact) mass is 305 g/mol. The summed E-state index contributed by atoms with van der Waals surface area (Å²) in [6.07, 6.45) is 0.